The van der Waals surface area contributed by atoms with Crippen molar-refractivity contribution in [2.75, 3.05) is 6.61 Å². The number of hydrogen-bond donors (Lipinski definition) is 3. The largest absolute Gasteiger partial charge is 0.480 e. The third kappa shape index (κ3) is 6.37. The molecule has 2 aromatic rings. The summed E-state index contributed by atoms with van der Waals surface area (Å²) in [6, 6.07) is 14.9. The van der Waals surface area contributed by atoms with E-state index in [1.54, 1.807) is 0 Å². The van der Waals surface area contributed by atoms with Crippen LogP contribution in [-0.2, 0) is 14.3 Å². The summed E-state index contributed by atoms with van der Waals surface area (Å²) in [5, 5.41) is 14.7. The molecule has 2 atom stereocenters. The Morgan fingerprint density at radius 1 is 0.912 bits per heavy atom. The second-order valence-corrected chi connectivity index (χ2v) is 8.76. The minimum Gasteiger partial charge on any atom is -0.480 e. The van der Waals surface area contributed by atoms with E-state index in [1.165, 1.54) is 0 Å². The number of aliphatic carboxylic acids is 1. The van der Waals surface area contributed by atoms with Crippen LogP contribution < -0.4 is 10.6 Å². The van der Waals surface area contributed by atoms with Crippen LogP contribution in [0.25, 0.3) is 11.1 Å². The summed E-state index contributed by atoms with van der Waals surface area (Å²) < 4.78 is 5.59. The number of hydrogen-bond acceptors (Lipinski definition) is 4. The number of unbranched alkanes of at least 4 members (excludes halogenated alkanes) is 1. The smallest absolute Gasteiger partial charge is 0.407 e. The molecule has 182 valence electrons. The number of ether oxygens (including phenoxy) is 1. The maximum absolute atomic E-state index is 12.6. The molecule has 7 nitrogen and oxygen atoms in total. The van der Waals surface area contributed by atoms with Gasteiger partial charge in [-0.15, -0.1) is 0 Å². The Morgan fingerprint density at radius 3 is 2.09 bits per heavy atom. The van der Waals surface area contributed by atoms with Crippen molar-refractivity contribution in [3.63, 3.8) is 0 Å². The molecule has 2 amide bonds. The van der Waals surface area contributed by atoms with E-state index in [-0.39, 0.29) is 24.9 Å². The second kappa shape index (κ2) is 12.2. The third-order valence-corrected chi connectivity index (χ3v) is 6.21. The fourth-order valence-electron chi connectivity index (χ4n) is 4.52. The molecule has 0 spiro atoms. The van der Waals surface area contributed by atoms with E-state index < -0.39 is 24.1 Å². The van der Waals surface area contributed by atoms with Crippen molar-refractivity contribution in [3.05, 3.63) is 59.7 Å². The fourth-order valence-corrected chi connectivity index (χ4v) is 4.52. The summed E-state index contributed by atoms with van der Waals surface area (Å²) in [7, 11) is 0. The fraction of sp³-hybridized carbons (Fsp3) is 0.444. The Labute approximate surface area is 200 Å². The van der Waals surface area contributed by atoms with Gasteiger partial charge in [-0.3, -0.25) is 4.79 Å². The van der Waals surface area contributed by atoms with Crippen molar-refractivity contribution >= 4 is 18.0 Å². The number of carbonyl (C=O) groups is 3. The molecular formula is C27H34N2O5. The normalized spacial score (nSPS) is 13.9. The monoisotopic (exact) mass is 466 g/mol. The van der Waals surface area contributed by atoms with Crippen LogP contribution in [0.4, 0.5) is 4.79 Å². The molecule has 1 unspecified atom stereocenters. The first kappa shape index (κ1) is 25.3. The summed E-state index contributed by atoms with van der Waals surface area (Å²) in [6.07, 6.45) is 2.73. The van der Waals surface area contributed by atoms with E-state index in [4.69, 9.17) is 4.74 Å². The number of amides is 2. The van der Waals surface area contributed by atoms with Crippen molar-refractivity contribution in [2.45, 2.75) is 70.4 Å². The summed E-state index contributed by atoms with van der Waals surface area (Å²) in [6.45, 7) is 4.13. The minimum atomic E-state index is -1.04. The van der Waals surface area contributed by atoms with Crippen LogP contribution in [0.5, 0.6) is 0 Å². The van der Waals surface area contributed by atoms with Gasteiger partial charge in [0.1, 0.15) is 12.6 Å². The summed E-state index contributed by atoms with van der Waals surface area (Å²) >= 11 is 0. The molecule has 2 aromatic carbocycles. The van der Waals surface area contributed by atoms with Crippen molar-refractivity contribution in [2.24, 2.45) is 0 Å². The zero-order chi connectivity index (χ0) is 24.5. The first-order chi connectivity index (χ1) is 16.4. The summed E-state index contributed by atoms with van der Waals surface area (Å²) in [4.78, 5) is 36.5. The predicted molar refractivity (Wildman–Crippen MR) is 131 cm³/mol. The van der Waals surface area contributed by atoms with Gasteiger partial charge in [-0.25, -0.2) is 9.59 Å². The zero-order valence-corrected chi connectivity index (χ0v) is 19.9. The molecule has 3 rings (SSSR count). The molecule has 0 aromatic heterocycles. The lowest BCUT2D eigenvalue weighted by molar-refractivity contribution is -0.142. The van der Waals surface area contributed by atoms with Crippen molar-refractivity contribution in [1.29, 1.82) is 0 Å². The first-order valence-electron chi connectivity index (χ1n) is 12.1. The van der Waals surface area contributed by atoms with Crippen LogP contribution in [0.1, 0.15) is 69.4 Å². The number of carbonyl (C=O) groups excluding carboxylic acids is 2. The molecular weight excluding hydrogens is 432 g/mol. The third-order valence-electron chi connectivity index (χ3n) is 6.21. The SMILES string of the molecule is CCCCC(NC(=O)C[C@@H](CCC)NC(=O)OCC1c2ccccc2-c2ccccc21)C(=O)O. The molecule has 3 N–H and O–H groups in total. The van der Waals surface area contributed by atoms with Gasteiger partial charge in [0.2, 0.25) is 5.91 Å². The van der Waals surface area contributed by atoms with Gasteiger partial charge in [0, 0.05) is 18.4 Å². The van der Waals surface area contributed by atoms with Gasteiger partial charge in [0.15, 0.2) is 0 Å². The number of benzene rings is 2. The van der Waals surface area contributed by atoms with Gasteiger partial charge in [-0.05, 0) is 35.1 Å². The molecule has 0 radical (unpaired) electrons. The van der Waals surface area contributed by atoms with Crippen LogP contribution in [0, 0.1) is 0 Å². The highest BCUT2D eigenvalue weighted by Gasteiger charge is 2.29. The lowest BCUT2D eigenvalue weighted by Crippen LogP contribution is -2.45. The molecule has 1 aliphatic carbocycles. The summed E-state index contributed by atoms with van der Waals surface area (Å²) in [5.41, 5.74) is 4.58. The van der Waals surface area contributed by atoms with Gasteiger partial charge in [0.25, 0.3) is 0 Å². The van der Waals surface area contributed by atoms with Crippen LogP contribution in [0.15, 0.2) is 48.5 Å². The molecule has 1 aliphatic rings. The Morgan fingerprint density at radius 2 is 1.53 bits per heavy atom. The number of carboxylic acids is 1. The number of fused-ring (bicyclic) bond motifs is 3. The zero-order valence-electron chi connectivity index (χ0n) is 19.9. The minimum absolute atomic E-state index is 0.00788. The summed E-state index contributed by atoms with van der Waals surface area (Å²) in [5.74, 6) is -1.47. The highest BCUT2D eigenvalue weighted by atomic mass is 16.5. The molecule has 7 heteroatoms. The number of rotatable bonds is 12. The molecule has 0 aliphatic heterocycles. The van der Waals surface area contributed by atoms with E-state index in [9.17, 15) is 19.5 Å². The Kier molecular flexibility index (Phi) is 9.08. The van der Waals surface area contributed by atoms with Gasteiger partial charge in [-0.2, -0.15) is 0 Å². The number of carboxylic acid groups (broad SMARTS) is 1. The second-order valence-electron chi connectivity index (χ2n) is 8.76. The van der Waals surface area contributed by atoms with Gasteiger partial charge < -0.3 is 20.5 Å². The predicted octanol–water partition coefficient (Wildman–Crippen LogP) is 4.84. The quantitative estimate of drug-likeness (QED) is 0.415. The maximum atomic E-state index is 12.6. The standard InChI is InChI=1S/C27H34N2O5/c1-3-5-15-24(26(31)32)29-25(30)16-18(10-4-2)28-27(33)34-17-23-21-13-8-6-11-19(21)20-12-7-9-14-22(20)23/h6-9,11-14,18,23-24H,3-5,10,15-17H2,1-2H3,(H,28,33)(H,29,30)(H,31,32)/t18-,24?/m1/s1. The van der Waals surface area contributed by atoms with Crippen molar-refractivity contribution in [1.82, 2.24) is 10.6 Å². The van der Waals surface area contributed by atoms with Crippen LogP contribution >= 0.6 is 0 Å². The van der Waals surface area contributed by atoms with Crippen LogP contribution in [0.3, 0.4) is 0 Å². The van der Waals surface area contributed by atoms with Gasteiger partial charge in [0.05, 0.1) is 0 Å². The van der Waals surface area contributed by atoms with Crippen LogP contribution in [0.2, 0.25) is 0 Å². The van der Waals surface area contributed by atoms with E-state index in [0.717, 1.165) is 35.1 Å². The average Bonchev–Trinajstić information content (AvgIpc) is 3.14. The maximum Gasteiger partial charge on any atom is 0.407 e. The van der Waals surface area contributed by atoms with Gasteiger partial charge >= 0.3 is 12.1 Å². The van der Waals surface area contributed by atoms with E-state index in [1.807, 2.05) is 38.1 Å². The molecule has 0 saturated heterocycles. The Hall–Kier alpha value is -3.35. The number of nitrogens with one attached hydrogen (secondary N) is 2. The Balaban J connectivity index is 1.57. The molecule has 0 fully saturated rings. The Bertz CT molecular complexity index is 961. The lowest BCUT2D eigenvalue weighted by atomic mass is 9.98. The van der Waals surface area contributed by atoms with Gasteiger partial charge in [-0.1, -0.05) is 81.6 Å². The van der Waals surface area contributed by atoms with Crippen molar-refractivity contribution in [3.8, 4) is 11.1 Å². The van der Waals surface area contributed by atoms with E-state index in [2.05, 4.69) is 34.9 Å². The molecule has 0 saturated carbocycles. The topological polar surface area (TPSA) is 105 Å². The van der Waals surface area contributed by atoms with Crippen LogP contribution in [-0.4, -0.2) is 41.8 Å². The van der Waals surface area contributed by atoms with E-state index in [0.29, 0.717) is 19.3 Å². The average molecular weight is 467 g/mol. The molecule has 0 heterocycles. The highest BCUT2D eigenvalue weighted by molar-refractivity contribution is 5.84. The highest BCUT2D eigenvalue weighted by Crippen LogP contribution is 2.44. The molecule has 34 heavy (non-hydrogen) atoms. The first-order valence-corrected chi connectivity index (χ1v) is 12.1. The van der Waals surface area contributed by atoms with E-state index >= 15 is 0 Å². The van der Waals surface area contributed by atoms with Crippen molar-refractivity contribution < 1.29 is 24.2 Å². The number of alkyl carbamates (subject to hydrolysis) is 1. The molecule has 0 bridgehead atoms. The lowest BCUT2D eigenvalue weighted by Gasteiger charge is -2.21.